The van der Waals surface area contributed by atoms with Gasteiger partial charge in [0.2, 0.25) is 35.4 Å². The minimum atomic E-state index is -1.14. The van der Waals surface area contributed by atoms with Crippen LogP contribution in [-0.2, 0) is 65.6 Å². The van der Waals surface area contributed by atoms with E-state index < -0.39 is 126 Å². The highest BCUT2D eigenvalue weighted by molar-refractivity contribution is 6.13. The van der Waals surface area contributed by atoms with Gasteiger partial charge in [-0.1, -0.05) is 97.4 Å². The molecule has 0 bridgehead atoms. The quantitative estimate of drug-likeness (QED) is 0.0262. The summed E-state index contributed by atoms with van der Waals surface area (Å²) in [6, 6.07) is 9.54. The molecule has 1 saturated heterocycles. The second-order valence-electron chi connectivity index (χ2n) is 24.0. The number of anilines is 1. The van der Waals surface area contributed by atoms with Gasteiger partial charge in [0.25, 0.3) is 17.7 Å². The van der Waals surface area contributed by atoms with Gasteiger partial charge >= 0.3 is 6.03 Å². The molecular weight excluding hydrogens is 1120 g/mol. The lowest BCUT2D eigenvalue weighted by molar-refractivity contribution is -0.919. The Morgan fingerprint density at radius 1 is 0.736 bits per heavy atom. The second kappa shape index (κ2) is 34.9. The van der Waals surface area contributed by atoms with Crippen molar-refractivity contribution in [3.05, 3.63) is 77.9 Å². The lowest BCUT2D eigenvalue weighted by Crippen LogP contribution is -2.62. The molecule has 0 unspecified atom stereocenters. The fourth-order valence-electron chi connectivity index (χ4n) is 11.0. The molecule has 0 aliphatic carbocycles. The largest absolute Gasteiger partial charge is 0.394 e. The Hall–Kier alpha value is -7.32. The zero-order valence-electron chi connectivity index (χ0n) is 52.5. The Morgan fingerprint density at radius 2 is 1.36 bits per heavy atom. The number of benzene rings is 2. The van der Waals surface area contributed by atoms with Crippen molar-refractivity contribution in [1.29, 1.82) is 0 Å². The number of imide groups is 1. The third-order valence-electron chi connectivity index (χ3n) is 16.4. The molecule has 0 aromatic heterocycles. The molecule has 2 aromatic rings. The number of urea groups is 1. The number of nitrogens with zero attached hydrogens (tertiary/aromatic N) is 3. The Balaban J connectivity index is 1.41. The van der Waals surface area contributed by atoms with Crippen molar-refractivity contribution in [2.75, 3.05) is 66.5 Å². The van der Waals surface area contributed by atoms with Crippen molar-refractivity contribution in [1.82, 2.24) is 41.7 Å². The van der Waals surface area contributed by atoms with E-state index in [2.05, 4.69) is 37.2 Å². The van der Waals surface area contributed by atoms with Crippen LogP contribution < -0.4 is 43.0 Å². The van der Waals surface area contributed by atoms with Gasteiger partial charge in [0.15, 0.2) is 6.04 Å². The van der Waals surface area contributed by atoms with Crippen LogP contribution in [0.1, 0.15) is 105 Å². The van der Waals surface area contributed by atoms with Gasteiger partial charge in [0, 0.05) is 63.7 Å². The van der Waals surface area contributed by atoms with Crippen LogP contribution in [0.5, 0.6) is 0 Å². The number of rotatable bonds is 36. The van der Waals surface area contributed by atoms with Crippen LogP contribution in [0.2, 0.25) is 0 Å². The maximum absolute atomic E-state index is 14.4. The molecule has 2 aliphatic rings. The first kappa shape index (κ1) is 72.2. The number of quaternary nitrogens is 1. The molecule has 4 rings (SSSR count). The topological polar surface area (TPSA) is 346 Å². The molecule has 11 amide bonds. The van der Waals surface area contributed by atoms with Crippen LogP contribution in [0, 0.1) is 23.7 Å². The number of carbonyl (C=O) groups excluding carboxylic acids is 10. The van der Waals surface area contributed by atoms with E-state index in [-0.39, 0.29) is 74.1 Å². The summed E-state index contributed by atoms with van der Waals surface area (Å²) in [4.78, 5) is 135. The van der Waals surface area contributed by atoms with Gasteiger partial charge in [-0.3, -0.25) is 48.1 Å². The average Bonchev–Trinajstić information content (AvgIpc) is 2.61. The normalized spacial score (nSPS) is 17.7. The first-order valence-electron chi connectivity index (χ1n) is 30.1. The number of likely N-dealkylation sites (N-methyl/N-ethyl adjacent to an activating group) is 1. The number of aliphatic hydroxyl groups excluding tert-OH is 2. The molecule has 11 atom stereocenters. The second-order valence-corrected chi connectivity index (χ2v) is 24.0. The number of amides is 11. The van der Waals surface area contributed by atoms with Gasteiger partial charge in [-0.05, 0) is 67.6 Å². The summed E-state index contributed by atoms with van der Waals surface area (Å²) >= 11 is 0. The highest BCUT2D eigenvalue weighted by Crippen LogP contribution is 2.29. The summed E-state index contributed by atoms with van der Waals surface area (Å²) in [6.45, 7) is 12.4. The highest BCUT2D eigenvalue weighted by atomic mass is 16.5. The van der Waals surface area contributed by atoms with Crippen LogP contribution >= 0.6 is 0 Å². The Labute approximate surface area is 511 Å². The summed E-state index contributed by atoms with van der Waals surface area (Å²) in [7, 11) is 6.51. The Kier molecular flexibility index (Phi) is 28.9. The number of hydrogen-bond donors (Lipinski definition) is 10. The van der Waals surface area contributed by atoms with E-state index in [4.69, 9.17) is 15.2 Å². The summed E-state index contributed by atoms with van der Waals surface area (Å²) in [5, 5.41) is 40.5. The van der Waals surface area contributed by atoms with Crippen molar-refractivity contribution in [2.45, 2.75) is 161 Å². The standard InChI is InChI=1S/C62H95N11O14/c1-12-39(6)55(48(86-10)33-52(79)71-30-17-21-46(71)56(87-11)40(7)57(80)66-44(35-74)32-41-18-14-13-15-19-41)70-61(84)54(38(4)5)69-59(82)47(36-75)73(8,9)34-42-22-24-43(25-23-42)65-58(81)45(20-16-29-64-62(63)85)67-60(83)53(37(2)3)68-49(76)28-31-72-50(77)26-27-51(72)78/h13-15,18-19,22-27,37-40,44-48,53-56,74-75H,12,16-17,20-21,28-36H2,1-11H3,(H8-,63,64,65,66,67,68,69,70,76,80,81,82,83,84,85)/p+1/t39-,40+,44-,45-,46-,47-,48+,53-,54-,55-,56+/m0/s1. The molecule has 2 aliphatic heterocycles. The van der Waals surface area contributed by atoms with Gasteiger partial charge in [-0.25, -0.2) is 4.79 Å². The van der Waals surface area contributed by atoms with E-state index in [0.29, 0.717) is 37.9 Å². The predicted octanol–water partition coefficient (Wildman–Crippen LogP) is 1.39. The monoisotopic (exact) mass is 1220 g/mol. The van der Waals surface area contributed by atoms with Crippen molar-refractivity contribution in [3.8, 4) is 0 Å². The molecular formula is C62H96N11O14+. The van der Waals surface area contributed by atoms with Gasteiger partial charge in [0.1, 0.15) is 31.3 Å². The molecule has 0 radical (unpaired) electrons. The highest BCUT2D eigenvalue weighted by Gasteiger charge is 2.43. The lowest BCUT2D eigenvalue weighted by atomic mass is 9.90. The van der Waals surface area contributed by atoms with Crippen LogP contribution in [-0.4, -0.2) is 199 Å². The Bertz CT molecular complexity index is 2660. The number of likely N-dealkylation sites (tertiary alicyclic amines) is 1. The average molecular weight is 1220 g/mol. The predicted molar refractivity (Wildman–Crippen MR) is 325 cm³/mol. The number of ether oxygens (including phenoxy) is 2. The molecule has 0 saturated carbocycles. The molecule has 482 valence electrons. The first-order valence-corrected chi connectivity index (χ1v) is 30.1. The minimum Gasteiger partial charge on any atom is -0.394 e. The third kappa shape index (κ3) is 21.5. The number of aliphatic hydroxyl groups is 2. The summed E-state index contributed by atoms with van der Waals surface area (Å²) in [5.41, 5.74) is 7.27. The molecule has 11 N–H and O–H groups in total. The molecule has 87 heavy (non-hydrogen) atoms. The molecule has 25 nitrogen and oxygen atoms in total. The lowest BCUT2D eigenvalue weighted by Gasteiger charge is -2.38. The smallest absolute Gasteiger partial charge is 0.312 e. The van der Waals surface area contributed by atoms with E-state index in [1.807, 2.05) is 44.2 Å². The Morgan fingerprint density at radius 3 is 1.92 bits per heavy atom. The number of nitrogens with one attached hydrogen (secondary N) is 7. The van der Waals surface area contributed by atoms with Crippen LogP contribution in [0.4, 0.5) is 10.5 Å². The van der Waals surface area contributed by atoms with Crippen molar-refractivity contribution >= 4 is 64.9 Å². The van der Waals surface area contributed by atoms with Gasteiger partial charge in [0.05, 0.1) is 63.4 Å². The maximum atomic E-state index is 14.4. The summed E-state index contributed by atoms with van der Waals surface area (Å²) in [5.74, 6) is -6.28. The van der Waals surface area contributed by atoms with E-state index in [1.54, 1.807) is 77.9 Å². The zero-order valence-corrected chi connectivity index (χ0v) is 52.5. The van der Waals surface area contributed by atoms with Gasteiger partial charge < -0.3 is 72.0 Å². The molecule has 1 fully saturated rings. The van der Waals surface area contributed by atoms with E-state index in [1.165, 1.54) is 14.2 Å². The van der Waals surface area contributed by atoms with Crippen LogP contribution in [0.3, 0.4) is 0 Å². The molecule has 2 aromatic carbocycles. The summed E-state index contributed by atoms with van der Waals surface area (Å²) in [6.07, 6.45) is 3.06. The van der Waals surface area contributed by atoms with Crippen molar-refractivity contribution < 1.29 is 72.1 Å². The van der Waals surface area contributed by atoms with E-state index >= 15 is 0 Å². The zero-order chi connectivity index (χ0) is 64.7. The molecule has 2 heterocycles. The maximum Gasteiger partial charge on any atom is 0.312 e. The first-order chi connectivity index (χ1) is 41.2. The van der Waals surface area contributed by atoms with E-state index in [9.17, 15) is 58.2 Å². The van der Waals surface area contributed by atoms with Gasteiger partial charge in [-0.2, -0.15) is 0 Å². The molecule has 25 heteroatoms. The number of hydrogen-bond acceptors (Lipinski definition) is 14. The van der Waals surface area contributed by atoms with Gasteiger partial charge in [-0.15, -0.1) is 0 Å². The third-order valence-corrected chi connectivity index (χ3v) is 16.4. The van der Waals surface area contributed by atoms with Crippen molar-refractivity contribution in [3.63, 3.8) is 0 Å². The summed E-state index contributed by atoms with van der Waals surface area (Å²) < 4.78 is 11.9. The molecule has 0 spiro atoms. The number of nitrogens with two attached hydrogens (primary N) is 1. The van der Waals surface area contributed by atoms with Crippen molar-refractivity contribution in [2.24, 2.45) is 29.4 Å². The van der Waals surface area contributed by atoms with Crippen LogP contribution in [0.15, 0.2) is 66.7 Å². The fraction of sp³-hybridized carbons (Fsp3) is 0.613. The van der Waals surface area contributed by atoms with E-state index in [0.717, 1.165) is 28.2 Å². The number of primary amides is 1. The minimum absolute atomic E-state index is 0.0567. The SMILES string of the molecule is CC[C@H](C)[C@H](NC(=O)[C@@H](NC(=O)[C@H](CO)[N+](C)(C)Cc1ccc(NC(=O)[C@H](CCCNC(N)=O)NC(=O)[C@@H](NC(=O)CCN2C(=O)C=CC2=O)C(C)C)cc1)C(C)C)[C@@H](CC(=O)N1CCC[C@H]1[C@H](OC)[C@@H](C)C(=O)N[C@H](CO)Cc1ccccc1)OC. The number of methoxy groups -OCH3 is 2. The fourth-order valence-corrected chi connectivity index (χ4v) is 11.0. The number of carbonyl (C=O) groups is 10. The van der Waals surface area contributed by atoms with Crippen LogP contribution in [0.25, 0.3) is 0 Å².